The summed E-state index contributed by atoms with van der Waals surface area (Å²) < 4.78 is 14.6. The molecule has 0 saturated heterocycles. The maximum atomic E-state index is 13.1. The van der Waals surface area contributed by atoms with Crippen molar-refractivity contribution in [3.63, 3.8) is 0 Å². The van der Waals surface area contributed by atoms with E-state index in [9.17, 15) is 4.39 Å². The summed E-state index contributed by atoms with van der Waals surface area (Å²) in [7, 11) is 0. The minimum atomic E-state index is -0.239. The van der Waals surface area contributed by atoms with Crippen LogP contribution in [0.5, 0.6) is 0 Å². The number of rotatable bonds is 0. The summed E-state index contributed by atoms with van der Waals surface area (Å²) in [6.07, 6.45) is 0. The fourth-order valence-electron chi connectivity index (χ4n) is 1.14. The van der Waals surface area contributed by atoms with Gasteiger partial charge in [-0.05, 0) is 28.1 Å². The van der Waals surface area contributed by atoms with Crippen LogP contribution in [-0.2, 0) is 0 Å². The third-order valence-corrected chi connectivity index (χ3v) is 3.24. The van der Waals surface area contributed by atoms with Gasteiger partial charge >= 0.3 is 0 Å². The van der Waals surface area contributed by atoms with Crippen molar-refractivity contribution in [2.24, 2.45) is 0 Å². The molecule has 1 aromatic heterocycles. The second-order valence-electron chi connectivity index (χ2n) is 2.53. The third-order valence-electron chi connectivity index (χ3n) is 1.71. The van der Waals surface area contributed by atoms with Gasteiger partial charge in [-0.15, -0.1) is 11.3 Å². The van der Waals surface area contributed by atoms with Crippen LogP contribution < -0.4 is 0 Å². The van der Waals surface area contributed by atoms with Crippen LogP contribution in [0.2, 0.25) is 0 Å². The van der Waals surface area contributed by atoms with E-state index in [-0.39, 0.29) is 5.82 Å². The van der Waals surface area contributed by atoms with Crippen molar-refractivity contribution in [3.05, 3.63) is 33.4 Å². The zero-order chi connectivity index (χ0) is 9.42. The molecule has 0 saturated carbocycles. The van der Waals surface area contributed by atoms with E-state index in [1.165, 1.54) is 16.7 Å². The minimum absolute atomic E-state index is 0.239. The number of halogens is 2. The Bertz CT molecular complexity index is 512. The van der Waals surface area contributed by atoms with Gasteiger partial charge in [0.15, 0.2) is 0 Å². The molecule has 64 valence electrons. The number of nitrogens with zero attached hydrogens (tertiary/aromatic N) is 1. The van der Waals surface area contributed by atoms with E-state index in [2.05, 4.69) is 15.9 Å². The lowest BCUT2D eigenvalue weighted by atomic mass is 10.2. The fraction of sp³-hybridized carbons (Fsp3) is 0. The normalized spacial score (nSPS) is 10.2. The Morgan fingerprint density at radius 1 is 1.46 bits per heavy atom. The van der Waals surface area contributed by atoms with Crippen LogP contribution in [0.25, 0.3) is 10.1 Å². The molecule has 0 bridgehead atoms. The Morgan fingerprint density at radius 2 is 2.23 bits per heavy atom. The summed E-state index contributed by atoms with van der Waals surface area (Å²) in [5.41, 5.74) is 0.543. The molecule has 1 nitrogen and oxygen atoms in total. The first-order chi connectivity index (χ1) is 6.22. The van der Waals surface area contributed by atoms with Crippen molar-refractivity contribution in [2.45, 2.75) is 0 Å². The van der Waals surface area contributed by atoms with Crippen LogP contribution in [0.4, 0.5) is 4.39 Å². The zero-order valence-electron chi connectivity index (χ0n) is 6.34. The molecule has 0 radical (unpaired) electrons. The quantitative estimate of drug-likeness (QED) is 0.705. The van der Waals surface area contributed by atoms with E-state index in [0.29, 0.717) is 15.4 Å². The Kier molecular flexibility index (Phi) is 2.06. The van der Waals surface area contributed by atoms with E-state index in [4.69, 9.17) is 5.26 Å². The van der Waals surface area contributed by atoms with Gasteiger partial charge in [0.1, 0.15) is 5.82 Å². The second-order valence-corrected chi connectivity index (χ2v) is 4.29. The first-order valence-electron chi connectivity index (χ1n) is 3.48. The summed E-state index contributed by atoms with van der Waals surface area (Å²) in [5.74, 6) is -0.239. The van der Waals surface area contributed by atoms with Gasteiger partial charge in [0.05, 0.1) is 11.6 Å². The Balaban J connectivity index is 2.89. The molecule has 1 heterocycles. The van der Waals surface area contributed by atoms with Crippen molar-refractivity contribution >= 4 is 37.4 Å². The number of thiophene rings is 1. The van der Waals surface area contributed by atoms with Crippen molar-refractivity contribution in [1.29, 1.82) is 5.26 Å². The van der Waals surface area contributed by atoms with Crippen LogP contribution in [0.1, 0.15) is 5.56 Å². The molecular weight excluding hydrogens is 253 g/mol. The number of nitriles is 1. The topological polar surface area (TPSA) is 23.8 Å². The predicted molar refractivity (Wildman–Crippen MR) is 54.2 cm³/mol. The third kappa shape index (κ3) is 1.34. The Hall–Kier alpha value is -0.920. The van der Waals surface area contributed by atoms with Crippen LogP contribution >= 0.6 is 27.3 Å². The first kappa shape index (κ1) is 8.67. The van der Waals surface area contributed by atoms with Crippen molar-refractivity contribution in [1.82, 2.24) is 0 Å². The van der Waals surface area contributed by atoms with E-state index in [1.54, 1.807) is 12.1 Å². The summed E-state index contributed by atoms with van der Waals surface area (Å²) in [6, 6.07) is 5.33. The Labute approximate surface area is 86.5 Å². The fourth-order valence-corrected chi connectivity index (χ4v) is 2.79. The number of hydrogen-bond acceptors (Lipinski definition) is 2. The molecule has 2 aromatic rings. The lowest BCUT2D eigenvalue weighted by Crippen LogP contribution is -1.76. The van der Waals surface area contributed by atoms with Gasteiger partial charge in [-0.25, -0.2) is 4.39 Å². The largest absolute Gasteiger partial charge is 0.205 e. The molecule has 0 unspecified atom stereocenters. The SMILES string of the molecule is N#Cc1cc(Br)c2c(F)csc2c1. The standard InChI is InChI=1S/C9H3BrFNS/c10-6-1-5(3-12)2-8-9(6)7(11)4-13-8/h1-2,4H. The highest BCUT2D eigenvalue weighted by Crippen LogP contribution is 2.32. The molecule has 13 heavy (non-hydrogen) atoms. The molecule has 0 spiro atoms. The smallest absolute Gasteiger partial charge is 0.142 e. The molecule has 2 rings (SSSR count). The maximum absolute atomic E-state index is 13.1. The van der Waals surface area contributed by atoms with E-state index in [1.807, 2.05) is 6.07 Å². The van der Waals surface area contributed by atoms with Gasteiger partial charge in [-0.1, -0.05) is 0 Å². The monoisotopic (exact) mass is 255 g/mol. The molecule has 0 N–H and O–H groups in total. The molecule has 0 amide bonds. The van der Waals surface area contributed by atoms with Gasteiger partial charge in [0.25, 0.3) is 0 Å². The Morgan fingerprint density at radius 3 is 2.92 bits per heavy atom. The summed E-state index contributed by atoms with van der Waals surface area (Å²) >= 11 is 4.54. The van der Waals surface area contributed by atoms with Crippen LogP contribution in [0.3, 0.4) is 0 Å². The first-order valence-corrected chi connectivity index (χ1v) is 5.16. The van der Waals surface area contributed by atoms with E-state index < -0.39 is 0 Å². The van der Waals surface area contributed by atoms with E-state index in [0.717, 1.165) is 4.70 Å². The lowest BCUT2D eigenvalue weighted by Gasteiger charge is -1.95. The molecule has 1 aromatic carbocycles. The molecule has 0 aliphatic heterocycles. The molecule has 0 aliphatic rings. The van der Waals surface area contributed by atoms with Crippen LogP contribution in [0, 0.1) is 17.1 Å². The maximum Gasteiger partial charge on any atom is 0.142 e. The number of hydrogen-bond donors (Lipinski definition) is 0. The summed E-state index contributed by atoms with van der Waals surface area (Å²) in [6.45, 7) is 0. The summed E-state index contributed by atoms with van der Waals surface area (Å²) in [4.78, 5) is 0. The zero-order valence-corrected chi connectivity index (χ0v) is 8.75. The van der Waals surface area contributed by atoms with Gasteiger partial charge < -0.3 is 0 Å². The van der Waals surface area contributed by atoms with Gasteiger partial charge in [0.2, 0.25) is 0 Å². The summed E-state index contributed by atoms with van der Waals surface area (Å²) in [5, 5.41) is 10.7. The second kappa shape index (κ2) is 3.09. The van der Waals surface area contributed by atoms with Crippen LogP contribution in [0.15, 0.2) is 22.0 Å². The molecule has 0 aliphatic carbocycles. The minimum Gasteiger partial charge on any atom is -0.205 e. The molecule has 0 atom stereocenters. The lowest BCUT2D eigenvalue weighted by molar-refractivity contribution is 0.644. The van der Waals surface area contributed by atoms with Crippen molar-refractivity contribution in [2.75, 3.05) is 0 Å². The van der Waals surface area contributed by atoms with Gasteiger partial charge in [-0.2, -0.15) is 5.26 Å². The highest BCUT2D eigenvalue weighted by atomic mass is 79.9. The molecular formula is C9H3BrFNS. The molecule has 4 heteroatoms. The number of benzene rings is 1. The molecule has 0 fully saturated rings. The van der Waals surface area contributed by atoms with Gasteiger partial charge in [-0.3, -0.25) is 0 Å². The average molecular weight is 256 g/mol. The van der Waals surface area contributed by atoms with Gasteiger partial charge in [0, 0.05) is 19.9 Å². The highest BCUT2D eigenvalue weighted by Gasteiger charge is 2.08. The van der Waals surface area contributed by atoms with Crippen molar-refractivity contribution < 1.29 is 4.39 Å². The van der Waals surface area contributed by atoms with Crippen LogP contribution in [-0.4, -0.2) is 0 Å². The average Bonchev–Trinajstić information content (AvgIpc) is 2.48. The van der Waals surface area contributed by atoms with Crippen molar-refractivity contribution in [3.8, 4) is 6.07 Å². The highest BCUT2D eigenvalue weighted by molar-refractivity contribution is 9.10. The number of fused-ring (bicyclic) bond motifs is 1. The predicted octanol–water partition coefficient (Wildman–Crippen LogP) is 3.67. The van der Waals surface area contributed by atoms with E-state index >= 15 is 0 Å².